The first-order valence-corrected chi connectivity index (χ1v) is 7.36. The van der Waals surface area contributed by atoms with Crippen molar-refractivity contribution < 1.29 is 0 Å². The van der Waals surface area contributed by atoms with Crippen LogP contribution < -0.4 is 16.4 Å². The molecular weight excluding hydrogens is 238 g/mol. The number of nitrogens with zero attached hydrogens (tertiary/aromatic N) is 2. The summed E-state index contributed by atoms with van der Waals surface area (Å²) in [6, 6.07) is 3.13. The number of nitrogens with two attached hydrogens (primary N) is 1. The van der Waals surface area contributed by atoms with E-state index in [0.29, 0.717) is 18.0 Å². The van der Waals surface area contributed by atoms with Crippen LogP contribution in [0.4, 0.5) is 5.82 Å². The standard InChI is InChI=1S/C14H23N5/c15-11-6-10(7-11)13-8-14(19-9-18-13)17-5-3-12-2-1-4-16-12/h8-12,16H,1-7,15H2,(H,17,18,19)/t10?,11?,12-/m1/s1. The second-order valence-corrected chi connectivity index (χ2v) is 5.77. The van der Waals surface area contributed by atoms with Gasteiger partial charge in [-0.15, -0.1) is 0 Å². The largest absolute Gasteiger partial charge is 0.370 e. The third kappa shape index (κ3) is 3.22. The molecule has 1 aromatic heterocycles. The van der Waals surface area contributed by atoms with E-state index in [2.05, 4.69) is 26.7 Å². The first-order valence-electron chi connectivity index (χ1n) is 7.36. The van der Waals surface area contributed by atoms with Gasteiger partial charge < -0.3 is 16.4 Å². The summed E-state index contributed by atoms with van der Waals surface area (Å²) in [7, 11) is 0. The third-order valence-corrected chi connectivity index (χ3v) is 4.24. The second kappa shape index (κ2) is 5.84. The zero-order valence-corrected chi connectivity index (χ0v) is 11.3. The van der Waals surface area contributed by atoms with Gasteiger partial charge in [-0.2, -0.15) is 0 Å². The Morgan fingerprint density at radius 3 is 3.00 bits per heavy atom. The van der Waals surface area contributed by atoms with Crippen molar-refractivity contribution in [1.29, 1.82) is 0 Å². The van der Waals surface area contributed by atoms with Crippen molar-refractivity contribution in [2.45, 2.75) is 50.1 Å². The molecule has 2 heterocycles. The minimum absolute atomic E-state index is 0.366. The van der Waals surface area contributed by atoms with Crippen LogP contribution in [0, 0.1) is 0 Å². The van der Waals surface area contributed by atoms with Crippen molar-refractivity contribution in [2.24, 2.45) is 5.73 Å². The number of hydrogen-bond acceptors (Lipinski definition) is 5. The topological polar surface area (TPSA) is 75.9 Å². The lowest BCUT2D eigenvalue weighted by Gasteiger charge is -2.31. The molecule has 2 aliphatic rings. The summed E-state index contributed by atoms with van der Waals surface area (Å²) >= 11 is 0. The zero-order valence-electron chi connectivity index (χ0n) is 11.3. The quantitative estimate of drug-likeness (QED) is 0.743. The van der Waals surface area contributed by atoms with Crippen LogP contribution in [0.1, 0.15) is 43.7 Å². The molecule has 0 spiro atoms. The van der Waals surface area contributed by atoms with Gasteiger partial charge in [-0.1, -0.05) is 0 Å². The number of rotatable bonds is 5. The van der Waals surface area contributed by atoms with Gasteiger partial charge in [0.15, 0.2) is 0 Å². The van der Waals surface area contributed by atoms with Crippen LogP contribution in [0.25, 0.3) is 0 Å². The Balaban J connectivity index is 1.48. The number of nitrogens with one attached hydrogen (secondary N) is 2. The Hall–Kier alpha value is -1.20. The van der Waals surface area contributed by atoms with Crippen molar-refractivity contribution in [1.82, 2.24) is 15.3 Å². The highest BCUT2D eigenvalue weighted by atomic mass is 15.0. The maximum atomic E-state index is 5.83. The molecule has 1 atom stereocenters. The zero-order chi connectivity index (χ0) is 13.1. The molecule has 4 N–H and O–H groups in total. The molecular formula is C14H23N5. The molecule has 2 fully saturated rings. The number of hydrogen-bond donors (Lipinski definition) is 3. The smallest absolute Gasteiger partial charge is 0.129 e. The Kier molecular flexibility index (Phi) is 3.94. The first kappa shape index (κ1) is 12.8. The van der Waals surface area contributed by atoms with Gasteiger partial charge in [0.25, 0.3) is 0 Å². The van der Waals surface area contributed by atoms with Crippen molar-refractivity contribution in [3.63, 3.8) is 0 Å². The van der Waals surface area contributed by atoms with Gasteiger partial charge in [-0.3, -0.25) is 0 Å². The van der Waals surface area contributed by atoms with E-state index in [0.717, 1.165) is 37.3 Å². The minimum Gasteiger partial charge on any atom is -0.370 e. The fourth-order valence-electron chi connectivity index (χ4n) is 2.97. The van der Waals surface area contributed by atoms with E-state index < -0.39 is 0 Å². The van der Waals surface area contributed by atoms with Gasteiger partial charge >= 0.3 is 0 Å². The summed E-state index contributed by atoms with van der Waals surface area (Å²) in [5, 5.41) is 6.91. The Labute approximate surface area is 114 Å². The van der Waals surface area contributed by atoms with Crippen LogP contribution in [-0.2, 0) is 0 Å². The van der Waals surface area contributed by atoms with E-state index in [-0.39, 0.29) is 0 Å². The van der Waals surface area contributed by atoms with Crippen LogP contribution in [0.15, 0.2) is 12.4 Å². The Bertz CT molecular complexity index is 410. The summed E-state index contributed by atoms with van der Waals surface area (Å²) in [6.07, 6.45) is 7.55. The monoisotopic (exact) mass is 261 g/mol. The molecule has 1 aliphatic heterocycles. The normalized spacial score (nSPS) is 30.1. The van der Waals surface area contributed by atoms with Crippen molar-refractivity contribution in [2.75, 3.05) is 18.4 Å². The summed E-state index contributed by atoms with van der Waals surface area (Å²) < 4.78 is 0. The van der Waals surface area contributed by atoms with E-state index >= 15 is 0 Å². The first-order chi connectivity index (χ1) is 9.31. The fraction of sp³-hybridized carbons (Fsp3) is 0.714. The lowest BCUT2D eigenvalue weighted by molar-refractivity contribution is 0.345. The molecule has 0 bridgehead atoms. The number of anilines is 1. The summed E-state index contributed by atoms with van der Waals surface area (Å²) in [5.41, 5.74) is 6.97. The van der Waals surface area contributed by atoms with Gasteiger partial charge in [0.05, 0.1) is 0 Å². The van der Waals surface area contributed by atoms with Gasteiger partial charge in [0.2, 0.25) is 0 Å². The van der Waals surface area contributed by atoms with E-state index in [1.165, 1.54) is 19.4 Å². The third-order valence-electron chi connectivity index (χ3n) is 4.24. The van der Waals surface area contributed by atoms with E-state index in [1.807, 2.05) is 0 Å². The van der Waals surface area contributed by atoms with Crippen LogP contribution in [0.3, 0.4) is 0 Å². The lowest BCUT2D eigenvalue weighted by Crippen LogP contribution is -2.35. The molecule has 1 saturated carbocycles. The van der Waals surface area contributed by atoms with Gasteiger partial charge in [0, 0.05) is 36.3 Å². The average molecular weight is 261 g/mol. The summed E-state index contributed by atoms with van der Waals surface area (Å²) in [5.74, 6) is 1.48. The highest BCUT2D eigenvalue weighted by Crippen LogP contribution is 2.34. The van der Waals surface area contributed by atoms with Gasteiger partial charge in [0.1, 0.15) is 12.1 Å². The van der Waals surface area contributed by atoms with Crippen molar-refractivity contribution >= 4 is 5.82 Å². The Morgan fingerprint density at radius 1 is 1.37 bits per heavy atom. The highest BCUT2D eigenvalue weighted by Gasteiger charge is 2.28. The molecule has 19 heavy (non-hydrogen) atoms. The maximum Gasteiger partial charge on any atom is 0.129 e. The molecule has 0 amide bonds. The van der Waals surface area contributed by atoms with Gasteiger partial charge in [-0.05, 0) is 38.6 Å². The second-order valence-electron chi connectivity index (χ2n) is 5.77. The molecule has 104 valence electrons. The summed E-state index contributed by atoms with van der Waals surface area (Å²) in [4.78, 5) is 8.65. The fourth-order valence-corrected chi connectivity index (χ4v) is 2.97. The van der Waals surface area contributed by atoms with E-state index in [4.69, 9.17) is 5.73 Å². The minimum atomic E-state index is 0.366. The predicted octanol–water partition coefficient (Wildman–Crippen LogP) is 1.24. The van der Waals surface area contributed by atoms with Crippen LogP contribution in [0.5, 0.6) is 0 Å². The van der Waals surface area contributed by atoms with E-state index in [1.54, 1.807) is 6.33 Å². The predicted molar refractivity (Wildman–Crippen MR) is 76.1 cm³/mol. The molecule has 0 unspecified atom stereocenters. The highest BCUT2D eigenvalue weighted by molar-refractivity contribution is 5.36. The number of aromatic nitrogens is 2. The van der Waals surface area contributed by atoms with Crippen LogP contribution >= 0.6 is 0 Å². The molecule has 0 radical (unpaired) electrons. The SMILES string of the molecule is NC1CC(c2cc(NCC[C@H]3CCCN3)ncn2)C1. The van der Waals surface area contributed by atoms with E-state index in [9.17, 15) is 0 Å². The summed E-state index contributed by atoms with van der Waals surface area (Å²) in [6.45, 7) is 2.14. The van der Waals surface area contributed by atoms with Crippen molar-refractivity contribution in [3.8, 4) is 0 Å². The lowest BCUT2D eigenvalue weighted by atomic mass is 9.79. The van der Waals surface area contributed by atoms with Crippen LogP contribution in [0.2, 0.25) is 0 Å². The molecule has 1 aromatic rings. The molecule has 5 nitrogen and oxygen atoms in total. The molecule has 1 saturated heterocycles. The maximum absolute atomic E-state index is 5.83. The molecule has 3 rings (SSSR count). The molecule has 0 aromatic carbocycles. The van der Waals surface area contributed by atoms with Crippen LogP contribution in [-0.4, -0.2) is 35.1 Å². The molecule has 1 aliphatic carbocycles. The van der Waals surface area contributed by atoms with Crippen molar-refractivity contribution in [3.05, 3.63) is 18.1 Å². The Morgan fingerprint density at radius 2 is 2.26 bits per heavy atom. The molecule has 5 heteroatoms. The average Bonchev–Trinajstić information content (AvgIpc) is 2.89. The van der Waals surface area contributed by atoms with Gasteiger partial charge in [-0.25, -0.2) is 9.97 Å².